The molecule has 19 heavy (non-hydrogen) atoms. The highest BCUT2D eigenvalue weighted by Gasteiger charge is 2.17. The third-order valence-corrected chi connectivity index (χ3v) is 2.93. The standard InChI is InChI=1S/C16H27NO2/c1-16(2,3)14-8-5-6-9-15(14)19-12-7-10-17-11-13-18-4/h5-6,8-9,17H,7,10-13H2,1-4H3. The molecule has 0 saturated heterocycles. The van der Waals surface area contributed by atoms with Gasteiger partial charge in [0, 0.05) is 13.7 Å². The quantitative estimate of drug-likeness (QED) is 0.733. The van der Waals surface area contributed by atoms with Crippen molar-refractivity contribution in [3.63, 3.8) is 0 Å². The molecule has 1 rings (SSSR count). The van der Waals surface area contributed by atoms with Gasteiger partial charge < -0.3 is 14.8 Å². The van der Waals surface area contributed by atoms with Crippen LogP contribution in [0.25, 0.3) is 0 Å². The summed E-state index contributed by atoms with van der Waals surface area (Å²) in [7, 11) is 1.72. The third-order valence-electron chi connectivity index (χ3n) is 2.93. The fourth-order valence-corrected chi connectivity index (χ4v) is 1.89. The van der Waals surface area contributed by atoms with E-state index in [0.717, 1.165) is 38.5 Å². The lowest BCUT2D eigenvalue weighted by atomic mass is 9.86. The van der Waals surface area contributed by atoms with Gasteiger partial charge in [-0.1, -0.05) is 39.0 Å². The molecule has 3 nitrogen and oxygen atoms in total. The van der Waals surface area contributed by atoms with E-state index in [4.69, 9.17) is 9.47 Å². The van der Waals surface area contributed by atoms with Crippen LogP contribution in [0.4, 0.5) is 0 Å². The van der Waals surface area contributed by atoms with Crippen LogP contribution in [0.15, 0.2) is 24.3 Å². The average Bonchev–Trinajstić information content (AvgIpc) is 2.37. The van der Waals surface area contributed by atoms with Crippen molar-refractivity contribution < 1.29 is 9.47 Å². The second kappa shape index (κ2) is 8.18. The number of para-hydroxylation sites is 1. The highest BCUT2D eigenvalue weighted by Crippen LogP contribution is 2.30. The molecule has 0 heterocycles. The minimum absolute atomic E-state index is 0.118. The molecule has 0 fully saturated rings. The highest BCUT2D eigenvalue weighted by molar-refractivity contribution is 5.38. The minimum Gasteiger partial charge on any atom is -0.493 e. The van der Waals surface area contributed by atoms with Gasteiger partial charge >= 0.3 is 0 Å². The Morgan fingerprint density at radius 1 is 1.05 bits per heavy atom. The fourth-order valence-electron chi connectivity index (χ4n) is 1.89. The maximum Gasteiger partial charge on any atom is 0.123 e. The van der Waals surface area contributed by atoms with E-state index in [2.05, 4.69) is 44.3 Å². The van der Waals surface area contributed by atoms with E-state index < -0.39 is 0 Å². The predicted octanol–water partition coefficient (Wildman–Crippen LogP) is 2.99. The zero-order valence-corrected chi connectivity index (χ0v) is 12.7. The van der Waals surface area contributed by atoms with Gasteiger partial charge in [-0.05, 0) is 30.0 Å². The van der Waals surface area contributed by atoms with E-state index in [0.29, 0.717) is 0 Å². The molecule has 0 unspecified atom stereocenters. The summed E-state index contributed by atoms with van der Waals surface area (Å²) in [5, 5.41) is 3.31. The Balaban J connectivity index is 2.33. The fraction of sp³-hybridized carbons (Fsp3) is 0.625. The van der Waals surface area contributed by atoms with Crippen molar-refractivity contribution in [2.24, 2.45) is 0 Å². The molecule has 0 amide bonds. The first-order chi connectivity index (χ1) is 9.05. The van der Waals surface area contributed by atoms with Crippen LogP contribution in [0.5, 0.6) is 5.75 Å². The summed E-state index contributed by atoms with van der Waals surface area (Å²) in [6, 6.07) is 8.30. The summed E-state index contributed by atoms with van der Waals surface area (Å²) in [6.07, 6.45) is 1.00. The summed E-state index contributed by atoms with van der Waals surface area (Å²) in [6.45, 7) is 9.99. The molecular formula is C16H27NO2. The molecule has 0 atom stereocenters. The summed E-state index contributed by atoms with van der Waals surface area (Å²) < 4.78 is 10.9. The number of hydrogen-bond donors (Lipinski definition) is 1. The number of nitrogens with one attached hydrogen (secondary N) is 1. The Morgan fingerprint density at radius 2 is 1.79 bits per heavy atom. The van der Waals surface area contributed by atoms with E-state index in [1.807, 2.05) is 6.07 Å². The van der Waals surface area contributed by atoms with Crippen LogP contribution in [0.2, 0.25) is 0 Å². The second-order valence-electron chi connectivity index (χ2n) is 5.69. The predicted molar refractivity (Wildman–Crippen MR) is 80.0 cm³/mol. The van der Waals surface area contributed by atoms with Gasteiger partial charge in [0.2, 0.25) is 0 Å². The lowest BCUT2D eigenvalue weighted by molar-refractivity contribution is 0.198. The molecule has 0 aromatic heterocycles. The van der Waals surface area contributed by atoms with E-state index in [9.17, 15) is 0 Å². The van der Waals surface area contributed by atoms with Crippen LogP contribution in [0.3, 0.4) is 0 Å². The Hall–Kier alpha value is -1.06. The van der Waals surface area contributed by atoms with Gasteiger partial charge in [-0.15, -0.1) is 0 Å². The van der Waals surface area contributed by atoms with E-state index in [-0.39, 0.29) is 5.41 Å². The summed E-state index contributed by atoms with van der Waals surface area (Å²) in [5.74, 6) is 1.01. The molecule has 0 aliphatic carbocycles. The first-order valence-electron chi connectivity index (χ1n) is 6.97. The van der Waals surface area contributed by atoms with Crippen molar-refractivity contribution in [2.45, 2.75) is 32.6 Å². The molecule has 0 aliphatic heterocycles. The Kier molecular flexibility index (Phi) is 6.89. The van der Waals surface area contributed by atoms with Crippen LogP contribution in [0, 0.1) is 0 Å². The summed E-state index contributed by atoms with van der Waals surface area (Å²) in [5.41, 5.74) is 1.38. The van der Waals surface area contributed by atoms with E-state index >= 15 is 0 Å². The minimum atomic E-state index is 0.118. The van der Waals surface area contributed by atoms with Gasteiger partial charge in [0.25, 0.3) is 0 Å². The first-order valence-corrected chi connectivity index (χ1v) is 6.97. The molecule has 3 heteroatoms. The zero-order valence-electron chi connectivity index (χ0n) is 12.7. The van der Waals surface area contributed by atoms with Crippen molar-refractivity contribution in [1.82, 2.24) is 5.32 Å². The Bertz CT molecular complexity index is 358. The summed E-state index contributed by atoms with van der Waals surface area (Å²) >= 11 is 0. The normalized spacial score (nSPS) is 11.6. The zero-order chi connectivity index (χ0) is 14.1. The van der Waals surface area contributed by atoms with Gasteiger partial charge in [0.05, 0.1) is 13.2 Å². The van der Waals surface area contributed by atoms with Gasteiger partial charge in [0.15, 0.2) is 0 Å². The van der Waals surface area contributed by atoms with Crippen LogP contribution in [-0.2, 0) is 10.2 Å². The van der Waals surface area contributed by atoms with Crippen molar-refractivity contribution in [3.8, 4) is 5.75 Å². The molecule has 0 aliphatic rings. The van der Waals surface area contributed by atoms with Crippen LogP contribution in [-0.4, -0.2) is 33.4 Å². The monoisotopic (exact) mass is 265 g/mol. The lowest BCUT2D eigenvalue weighted by Crippen LogP contribution is -2.22. The molecular weight excluding hydrogens is 238 g/mol. The first kappa shape index (κ1) is 16.0. The van der Waals surface area contributed by atoms with Gasteiger partial charge in [-0.25, -0.2) is 0 Å². The van der Waals surface area contributed by atoms with Crippen LogP contribution >= 0.6 is 0 Å². The van der Waals surface area contributed by atoms with Gasteiger partial charge in [0.1, 0.15) is 5.75 Å². The Morgan fingerprint density at radius 3 is 2.47 bits per heavy atom. The number of rotatable bonds is 8. The molecule has 108 valence electrons. The van der Waals surface area contributed by atoms with E-state index in [1.165, 1.54) is 5.56 Å². The molecule has 0 bridgehead atoms. The van der Waals surface area contributed by atoms with Crippen molar-refractivity contribution in [2.75, 3.05) is 33.4 Å². The maximum atomic E-state index is 5.90. The van der Waals surface area contributed by atoms with Crippen molar-refractivity contribution >= 4 is 0 Å². The highest BCUT2D eigenvalue weighted by atomic mass is 16.5. The summed E-state index contributed by atoms with van der Waals surface area (Å²) in [4.78, 5) is 0. The molecule has 0 saturated carbocycles. The van der Waals surface area contributed by atoms with Crippen molar-refractivity contribution in [3.05, 3.63) is 29.8 Å². The maximum absolute atomic E-state index is 5.90. The number of ether oxygens (including phenoxy) is 2. The number of hydrogen-bond acceptors (Lipinski definition) is 3. The lowest BCUT2D eigenvalue weighted by Gasteiger charge is -2.22. The molecule has 1 aromatic rings. The van der Waals surface area contributed by atoms with Crippen LogP contribution in [0.1, 0.15) is 32.8 Å². The average molecular weight is 265 g/mol. The van der Waals surface area contributed by atoms with Crippen molar-refractivity contribution in [1.29, 1.82) is 0 Å². The smallest absolute Gasteiger partial charge is 0.123 e. The van der Waals surface area contributed by atoms with Gasteiger partial charge in [-0.3, -0.25) is 0 Å². The Labute approximate surface area is 117 Å². The molecule has 0 spiro atoms. The van der Waals surface area contributed by atoms with E-state index in [1.54, 1.807) is 7.11 Å². The number of benzene rings is 1. The second-order valence-corrected chi connectivity index (χ2v) is 5.69. The molecule has 1 aromatic carbocycles. The van der Waals surface area contributed by atoms with Gasteiger partial charge in [-0.2, -0.15) is 0 Å². The SMILES string of the molecule is COCCNCCCOc1ccccc1C(C)(C)C. The number of methoxy groups -OCH3 is 1. The molecule has 1 N–H and O–H groups in total. The molecule has 0 radical (unpaired) electrons. The third kappa shape index (κ3) is 6.08. The topological polar surface area (TPSA) is 30.5 Å². The van der Waals surface area contributed by atoms with Crippen LogP contribution < -0.4 is 10.1 Å². The largest absolute Gasteiger partial charge is 0.493 e.